The van der Waals surface area contributed by atoms with Crippen LogP contribution >= 0.6 is 15.9 Å². The van der Waals surface area contributed by atoms with Gasteiger partial charge in [-0.1, -0.05) is 30.7 Å². The molecule has 0 bridgehead atoms. The van der Waals surface area contributed by atoms with Crippen LogP contribution in [0.4, 0.5) is 0 Å². The van der Waals surface area contributed by atoms with Gasteiger partial charge in [-0.15, -0.1) is 0 Å². The Morgan fingerprint density at radius 3 is 2.85 bits per heavy atom. The Morgan fingerprint density at radius 1 is 1.38 bits per heavy atom. The van der Waals surface area contributed by atoms with Gasteiger partial charge in [-0.25, -0.2) is 0 Å². The molecule has 0 aliphatic heterocycles. The minimum atomic E-state index is -0.363. The minimum absolute atomic E-state index is 0.277. The molecule has 0 radical (unpaired) electrons. The Balaban J connectivity index is 1.76. The molecule has 3 atom stereocenters. The van der Waals surface area contributed by atoms with Gasteiger partial charge < -0.3 is 14.6 Å². The highest BCUT2D eigenvalue weighted by atomic mass is 79.9. The monoisotopic (exact) mass is 419 g/mol. The fraction of sp³-hybridized carbons (Fsp3) is 0.476. The lowest BCUT2D eigenvalue weighted by molar-refractivity contribution is 0.0301. The number of aliphatic hydroxyl groups excluding tert-OH is 1. The van der Waals surface area contributed by atoms with Gasteiger partial charge >= 0.3 is 0 Å². The first-order valence-corrected chi connectivity index (χ1v) is 9.74. The Labute approximate surface area is 164 Å². The van der Waals surface area contributed by atoms with Crippen molar-refractivity contribution >= 4 is 15.9 Å². The van der Waals surface area contributed by atoms with Gasteiger partial charge in [0.2, 0.25) is 0 Å². The van der Waals surface area contributed by atoms with Crippen molar-refractivity contribution in [3.63, 3.8) is 0 Å². The van der Waals surface area contributed by atoms with Crippen molar-refractivity contribution in [2.75, 3.05) is 13.7 Å². The van der Waals surface area contributed by atoms with E-state index >= 15 is 0 Å². The van der Waals surface area contributed by atoms with Crippen molar-refractivity contribution in [3.05, 3.63) is 52.5 Å². The summed E-state index contributed by atoms with van der Waals surface area (Å²) in [4.78, 5) is 0. The quantitative estimate of drug-likeness (QED) is 0.463. The van der Waals surface area contributed by atoms with Crippen molar-refractivity contribution in [2.24, 2.45) is 11.8 Å². The number of nitriles is 1. The van der Waals surface area contributed by atoms with E-state index in [1.165, 1.54) is 0 Å². The summed E-state index contributed by atoms with van der Waals surface area (Å²) in [6.45, 7) is 1.26. The Morgan fingerprint density at radius 2 is 2.15 bits per heavy atom. The SMILES string of the molecule is COc1ccc(COC[C@@H]2CCC[C@H]2[C@@H](O)C/C=C/C=C(\Br)C#N)cc1. The average molecular weight is 420 g/mol. The van der Waals surface area contributed by atoms with Crippen molar-refractivity contribution in [3.8, 4) is 11.8 Å². The molecule has 1 N–H and O–H groups in total. The number of hydrogen-bond donors (Lipinski definition) is 1. The van der Waals surface area contributed by atoms with Gasteiger partial charge in [0.05, 0.1) is 30.9 Å². The second-order valence-corrected chi connectivity index (χ2v) is 7.43. The summed E-state index contributed by atoms with van der Waals surface area (Å²) in [5, 5.41) is 19.2. The predicted molar refractivity (Wildman–Crippen MR) is 106 cm³/mol. The van der Waals surface area contributed by atoms with Crippen LogP contribution in [0.5, 0.6) is 5.75 Å². The third-order valence-corrected chi connectivity index (χ3v) is 5.28. The molecule has 1 aromatic rings. The molecule has 4 nitrogen and oxygen atoms in total. The van der Waals surface area contributed by atoms with Gasteiger partial charge in [-0.2, -0.15) is 5.26 Å². The molecule has 26 heavy (non-hydrogen) atoms. The molecule has 0 saturated heterocycles. The molecule has 0 aromatic heterocycles. The molecular formula is C21H26BrNO3. The zero-order chi connectivity index (χ0) is 18.8. The molecular weight excluding hydrogens is 394 g/mol. The number of aliphatic hydroxyl groups is 1. The lowest BCUT2D eigenvalue weighted by Gasteiger charge is -2.24. The van der Waals surface area contributed by atoms with E-state index in [9.17, 15) is 5.11 Å². The first-order chi connectivity index (χ1) is 12.6. The molecule has 0 heterocycles. The van der Waals surface area contributed by atoms with Crippen LogP contribution in [0.2, 0.25) is 0 Å². The van der Waals surface area contributed by atoms with Gasteiger partial charge in [0, 0.05) is 0 Å². The Bertz CT molecular complexity index is 648. The minimum Gasteiger partial charge on any atom is -0.497 e. The van der Waals surface area contributed by atoms with E-state index in [1.807, 2.05) is 36.4 Å². The largest absolute Gasteiger partial charge is 0.497 e. The van der Waals surface area contributed by atoms with Crippen molar-refractivity contribution in [1.82, 2.24) is 0 Å². The fourth-order valence-electron chi connectivity index (χ4n) is 3.41. The standard InChI is InChI=1S/C21H26BrNO3/c1-25-19-11-9-16(10-12-19)14-26-15-17-5-4-7-20(17)21(24)8-3-2-6-18(22)13-23/h2-3,6,9-12,17,20-21,24H,4-5,7-8,14-15H2,1H3/b3-2+,18-6-/t17-,20+,21-/m0/s1. The molecule has 1 fully saturated rings. The molecule has 1 aromatic carbocycles. The number of ether oxygens (including phenoxy) is 2. The summed E-state index contributed by atoms with van der Waals surface area (Å²) in [6, 6.07) is 9.90. The summed E-state index contributed by atoms with van der Waals surface area (Å²) in [6.07, 6.45) is 8.94. The van der Waals surface area contributed by atoms with E-state index in [1.54, 1.807) is 19.3 Å². The van der Waals surface area contributed by atoms with Crippen LogP contribution in [-0.2, 0) is 11.3 Å². The highest BCUT2D eigenvalue weighted by Crippen LogP contribution is 2.35. The van der Waals surface area contributed by atoms with Crippen molar-refractivity contribution in [2.45, 2.75) is 38.4 Å². The van der Waals surface area contributed by atoms with Gasteiger partial charge in [0.1, 0.15) is 11.8 Å². The highest BCUT2D eigenvalue weighted by Gasteiger charge is 2.32. The molecule has 1 aliphatic rings. The summed E-state index contributed by atoms with van der Waals surface area (Å²) >= 11 is 3.14. The Kier molecular flexibility index (Phi) is 8.90. The van der Waals surface area contributed by atoms with E-state index in [4.69, 9.17) is 14.7 Å². The van der Waals surface area contributed by atoms with E-state index in [0.29, 0.717) is 30.0 Å². The number of rotatable bonds is 9. The van der Waals surface area contributed by atoms with Crippen molar-refractivity contribution < 1.29 is 14.6 Å². The van der Waals surface area contributed by atoms with Gasteiger partial charge in [-0.05, 0) is 70.8 Å². The Hall–Kier alpha value is -1.61. The number of halogens is 1. The highest BCUT2D eigenvalue weighted by molar-refractivity contribution is 9.12. The van der Waals surface area contributed by atoms with E-state index in [2.05, 4.69) is 15.9 Å². The third-order valence-electron chi connectivity index (χ3n) is 4.83. The lowest BCUT2D eigenvalue weighted by atomic mass is 9.89. The molecule has 140 valence electrons. The smallest absolute Gasteiger partial charge is 0.118 e. The zero-order valence-corrected chi connectivity index (χ0v) is 16.7. The summed E-state index contributed by atoms with van der Waals surface area (Å²) in [5.74, 6) is 1.52. The normalized spacial score (nSPS) is 21.7. The second-order valence-electron chi connectivity index (χ2n) is 6.58. The first kappa shape index (κ1) is 20.7. The van der Waals surface area contributed by atoms with E-state index in [0.717, 1.165) is 30.6 Å². The van der Waals surface area contributed by atoms with Gasteiger partial charge in [-0.3, -0.25) is 0 Å². The van der Waals surface area contributed by atoms with Crippen LogP contribution in [0.15, 0.2) is 47.0 Å². The number of hydrogen-bond acceptors (Lipinski definition) is 4. The molecule has 0 unspecified atom stereocenters. The summed E-state index contributed by atoms with van der Waals surface area (Å²) < 4.78 is 11.5. The zero-order valence-electron chi connectivity index (χ0n) is 15.1. The van der Waals surface area contributed by atoms with Crippen LogP contribution in [0.3, 0.4) is 0 Å². The van der Waals surface area contributed by atoms with Crippen LogP contribution in [0.25, 0.3) is 0 Å². The summed E-state index contributed by atoms with van der Waals surface area (Å²) in [5.41, 5.74) is 1.12. The molecule has 1 saturated carbocycles. The molecule has 2 rings (SSSR count). The lowest BCUT2D eigenvalue weighted by Crippen LogP contribution is -2.26. The van der Waals surface area contributed by atoms with E-state index in [-0.39, 0.29) is 12.0 Å². The van der Waals surface area contributed by atoms with Crippen LogP contribution in [0, 0.1) is 23.2 Å². The van der Waals surface area contributed by atoms with Crippen LogP contribution in [-0.4, -0.2) is 24.9 Å². The number of benzene rings is 1. The van der Waals surface area contributed by atoms with Crippen LogP contribution in [0.1, 0.15) is 31.2 Å². The number of allylic oxidation sites excluding steroid dienone is 3. The van der Waals surface area contributed by atoms with Crippen LogP contribution < -0.4 is 4.74 Å². The van der Waals surface area contributed by atoms with Gasteiger partial charge in [0.15, 0.2) is 0 Å². The number of methoxy groups -OCH3 is 1. The molecule has 5 heteroatoms. The maximum absolute atomic E-state index is 10.5. The summed E-state index contributed by atoms with van der Waals surface area (Å²) in [7, 11) is 1.66. The molecule has 0 spiro atoms. The van der Waals surface area contributed by atoms with Crippen molar-refractivity contribution in [1.29, 1.82) is 5.26 Å². The third kappa shape index (κ3) is 6.60. The predicted octanol–water partition coefficient (Wildman–Crippen LogP) is 4.74. The maximum atomic E-state index is 10.5. The fourth-order valence-corrected chi connectivity index (χ4v) is 3.56. The number of nitrogens with zero attached hydrogens (tertiary/aromatic N) is 1. The average Bonchev–Trinajstić information content (AvgIpc) is 3.14. The van der Waals surface area contributed by atoms with E-state index < -0.39 is 0 Å². The second kappa shape index (κ2) is 11.2. The molecule has 1 aliphatic carbocycles. The van der Waals surface area contributed by atoms with Gasteiger partial charge in [0.25, 0.3) is 0 Å². The maximum Gasteiger partial charge on any atom is 0.118 e. The first-order valence-electron chi connectivity index (χ1n) is 8.95. The molecule has 0 amide bonds. The topological polar surface area (TPSA) is 62.5 Å².